The first-order valence-electron chi connectivity index (χ1n) is 7.63. The fourth-order valence-electron chi connectivity index (χ4n) is 2.75. The van der Waals surface area contributed by atoms with Gasteiger partial charge in [-0.3, -0.25) is 9.78 Å². The Bertz CT molecular complexity index is 530. The van der Waals surface area contributed by atoms with Gasteiger partial charge in [-0.1, -0.05) is 13.0 Å². The zero-order valence-corrected chi connectivity index (χ0v) is 13.1. The lowest BCUT2D eigenvalue weighted by molar-refractivity contribution is -0.143. The molecule has 1 aliphatic rings. The van der Waals surface area contributed by atoms with Gasteiger partial charge in [-0.25, -0.2) is 4.79 Å². The van der Waals surface area contributed by atoms with Crippen LogP contribution in [0.25, 0.3) is 0 Å². The number of nitrogens with one attached hydrogen (secondary N) is 1. The molecule has 2 unspecified atom stereocenters. The number of hydrogen-bond acceptors (Lipinski definition) is 3. The van der Waals surface area contributed by atoms with Crippen molar-refractivity contribution in [3.05, 3.63) is 29.6 Å². The molecule has 2 amide bonds. The third kappa shape index (κ3) is 4.44. The van der Waals surface area contributed by atoms with E-state index in [-0.39, 0.29) is 18.5 Å². The second kappa shape index (κ2) is 7.24. The zero-order chi connectivity index (χ0) is 16.1. The Morgan fingerprint density at radius 1 is 1.41 bits per heavy atom. The van der Waals surface area contributed by atoms with Crippen LogP contribution < -0.4 is 5.32 Å². The normalized spacial score (nSPS) is 21.5. The number of aromatic nitrogens is 1. The van der Waals surface area contributed by atoms with E-state index in [2.05, 4.69) is 10.3 Å². The van der Waals surface area contributed by atoms with E-state index in [1.807, 2.05) is 26.0 Å². The maximum Gasteiger partial charge on any atom is 0.317 e. The summed E-state index contributed by atoms with van der Waals surface area (Å²) in [5.41, 5.74) is 2.04. The van der Waals surface area contributed by atoms with E-state index in [4.69, 9.17) is 5.11 Å². The second-order valence-electron chi connectivity index (χ2n) is 6.09. The number of carboxylic acids is 1. The highest BCUT2D eigenvalue weighted by Gasteiger charge is 2.31. The largest absolute Gasteiger partial charge is 0.481 e. The number of aliphatic carboxylic acids is 1. The number of rotatable bonds is 4. The number of amides is 2. The van der Waals surface area contributed by atoms with Gasteiger partial charge in [-0.05, 0) is 30.9 Å². The van der Waals surface area contributed by atoms with Gasteiger partial charge in [0, 0.05) is 37.9 Å². The molecule has 1 aromatic heterocycles. The molecular formula is C16H23N3O3. The molecule has 1 aromatic rings. The van der Waals surface area contributed by atoms with Gasteiger partial charge in [0.2, 0.25) is 0 Å². The van der Waals surface area contributed by atoms with Crippen LogP contribution in [0.15, 0.2) is 18.3 Å². The molecule has 2 heterocycles. The Morgan fingerprint density at radius 2 is 2.18 bits per heavy atom. The number of urea groups is 1. The molecule has 0 aliphatic carbocycles. The molecule has 1 saturated heterocycles. The number of carboxylic acid groups (broad SMARTS) is 1. The molecule has 0 aromatic carbocycles. The van der Waals surface area contributed by atoms with Crippen LogP contribution in [-0.4, -0.2) is 46.6 Å². The van der Waals surface area contributed by atoms with Crippen molar-refractivity contribution in [3.8, 4) is 0 Å². The molecule has 0 bridgehead atoms. The van der Waals surface area contributed by atoms with Gasteiger partial charge in [-0.15, -0.1) is 0 Å². The number of nitrogens with zero attached hydrogens (tertiary/aromatic N) is 2. The van der Waals surface area contributed by atoms with Gasteiger partial charge < -0.3 is 15.3 Å². The minimum absolute atomic E-state index is 0.190. The number of pyridine rings is 1. The summed E-state index contributed by atoms with van der Waals surface area (Å²) in [6.45, 7) is 5.35. The average Bonchev–Trinajstić information content (AvgIpc) is 2.48. The van der Waals surface area contributed by atoms with Crippen LogP contribution in [0.1, 0.15) is 24.6 Å². The van der Waals surface area contributed by atoms with E-state index >= 15 is 0 Å². The summed E-state index contributed by atoms with van der Waals surface area (Å²) >= 11 is 0. The summed E-state index contributed by atoms with van der Waals surface area (Å²) in [4.78, 5) is 29.2. The van der Waals surface area contributed by atoms with Crippen molar-refractivity contribution in [3.63, 3.8) is 0 Å². The van der Waals surface area contributed by atoms with Crippen LogP contribution in [0.4, 0.5) is 4.79 Å². The molecule has 2 atom stereocenters. The van der Waals surface area contributed by atoms with E-state index in [1.165, 1.54) is 0 Å². The van der Waals surface area contributed by atoms with Crippen LogP contribution >= 0.6 is 0 Å². The predicted octanol–water partition coefficient (Wildman–Crippen LogP) is 1.68. The van der Waals surface area contributed by atoms with Crippen molar-refractivity contribution in [1.29, 1.82) is 0 Å². The first kappa shape index (κ1) is 16.3. The van der Waals surface area contributed by atoms with E-state index in [0.717, 1.165) is 11.3 Å². The van der Waals surface area contributed by atoms with Crippen molar-refractivity contribution in [2.75, 3.05) is 19.6 Å². The number of hydrogen-bond donors (Lipinski definition) is 2. The maximum absolute atomic E-state index is 12.2. The fourth-order valence-corrected chi connectivity index (χ4v) is 2.75. The van der Waals surface area contributed by atoms with E-state index in [9.17, 15) is 9.59 Å². The molecule has 2 N–H and O–H groups in total. The molecule has 0 spiro atoms. The lowest BCUT2D eigenvalue weighted by Gasteiger charge is -2.34. The summed E-state index contributed by atoms with van der Waals surface area (Å²) < 4.78 is 0. The Kier molecular flexibility index (Phi) is 5.35. The molecule has 6 heteroatoms. The highest BCUT2D eigenvalue weighted by Crippen LogP contribution is 2.21. The van der Waals surface area contributed by atoms with E-state index < -0.39 is 11.9 Å². The van der Waals surface area contributed by atoms with Crippen LogP contribution in [-0.2, 0) is 11.2 Å². The quantitative estimate of drug-likeness (QED) is 0.886. The topological polar surface area (TPSA) is 82.5 Å². The van der Waals surface area contributed by atoms with E-state index in [0.29, 0.717) is 25.9 Å². The molecule has 1 aliphatic heterocycles. The zero-order valence-electron chi connectivity index (χ0n) is 13.1. The number of carbonyl (C=O) groups excluding carboxylic acids is 1. The van der Waals surface area contributed by atoms with Gasteiger partial charge in [0.25, 0.3) is 0 Å². The number of aryl methyl sites for hydroxylation is 1. The van der Waals surface area contributed by atoms with Gasteiger partial charge in [0.1, 0.15) is 0 Å². The van der Waals surface area contributed by atoms with Crippen molar-refractivity contribution in [2.45, 2.75) is 26.7 Å². The fraction of sp³-hybridized carbons (Fsp3) is 0.562. The molecular weight excluding hydrogens is 282 g/mol. The highest BCUT2D eigenvalue weighted by molar-refractivity contribution is 5.76. The second-order valence-corrected chi connectivity index (χ2v) is 6.09. The lowest BCUT2D eigenvalue weighted by atomic mass is 9.91. The third-order valence-corrected chi connectivity index (χ3v) is 3.93. The third-order valence-electron chi connectivity index (χ3n) is 3.93. The SMILES string of the molecule is Cc1ccc(CCNC(=O)N2CC(C)CC(C(=O)O)C2)nc1. The minimum Gasteiger partial charge on any atom is -0.481 e. The van der Waals surface area contributed by atoms with Crippen molar-refractivity contribution >= 4 is 12.0 Å². The van der Waals surface area contributed by atoms with Crippen LogP contribution in [0.5, 0.6) is 0 Å². The number of carbonyl (C=O) groups is 2. The molecule has 22 heavy (non-hydrogen) atoms. The van der Waals surface area contributed by atoms with Crippen molar-refractivity contribution in [2.24, 2.45) is 11.8 Å². The van der Waals surface area contributed by atoms with Crippen LogP contribution in [0.3, 0.4) is 0 Å². The predicted molar refractivity (Wildman–Crippen MR) is 82.6 cm³/mol. The number of likely N-dealkylation sites (tertiary alicyclic amines) is 1. The standard InChI is InChI=1S/C16H23N3O3/c1-11-3-4-14(18-8-11)5-6-17-16(22)19-9-12(2)7-13(10-19)15(20)21/h3-4,8,12-13H,5-7,9-10H2,1-2H3,(H,17,22)(H,20,21). The maximum atomic E-state index is 12.2. The average molecular weight is 305 g/mol. The van der Waals surface area contributed by atoms with Crippen LogP contribution in [0.2, 0.25) is 0 Å². The summed E-state index contributed by atoms with van der Waals surface area (Å²) in [7, 11) is 0. The van der Waals surface area contributed by atoms with E-state index in [1.54, 1.807) is 11.1 Å². The van der Waals surface area contributed by atoms with Gasteiger partial charge in [0.05, 0.1) is 5.92 Å². The van der Waals surface area contributed by atoms with Gasteiger partial charge in [-0.2, -0.15) is 0 Å². The van der Waals surface area contributed by atoms with Crippen molar-refractivity contribution in [1.82, 2.24) is 15.2 Å². The van der Waals surface area contributed by atoms with Gasteiger partial charge in [0.15, 0.2) is 0 Å². The monoisotopic (exact) mass is 305 g/mol. The number of piperidine rings is 1. The molecule has 0 radical (unpaired) electrons. The lowest BCUT2D eigenvalue weighted by Crippen LogP contribution is -2.49. The Hall–Kier alpha value is -2.11. The molecule has 1 fully saturated rings. The highest BCUT2D eigenvalue weighted by atomic mass is 16.4. The summed E-state index contributed by atoms with van der Waals surface area (Å²) in [6, 6.07) is 3.75. The first-order chi connectivity index (χ1) is 10.5. The smallest absolute Gasteiger partial charge is 0.317 e. The summed E-state index contributed by atoms with van der Waals surface area (Å²) in [6.07, 6.45) is 3.10. The Balaban J connectivity index is 1.81. The summed E-state index contributed by atoms with van der Waals surface area (Å²) in [5.74, 6) is -1.08. The molecule has 120 valence electrons. The molecule has 2 rings (SSSR count). The summed E-state index contributed by atoms with van der Waals surface area (Å²) in [5, 5.41) is 12.0. The molecule has 6 nitrogen and oxygen atoms in total. The van der Waals surface area contributed by atoms with Crippen molar-refractivity contribution < 1.29 is 14.7 Å². The van der Waals surface area contributed by atoms with Gasteiger partial charge >= 0.3 is 12.0 Å². The first-order valence-corrected chi connectivity index (χ1v) is 7.63. The molecule has 0 saturated carbocycles. The Labute approximate surface area is 130 Å². The van der Waals surface area contributed by atoms with Crippen LogP contribution in [0, 0.1) is 18.8 Å². The minimum atomic E-state index is -0.826. The Morgan fingerprint density at radius 3 is 2.82 bits per heavy atom.